The van der Waals surface area contributed by atoms with E-state index in [0.717, 1.165) is 26.1 Å². The van der Waals surface area contributed by atoms with Crippen LogP contribution < -0.4 is 5.32 Å². The van der Waals surface area contributed by atoms with Crippen LogP contribution in [0.4, 0.5) is 0 Å². The third kappa shape index (κ3) is 5.04. The van der Waals surface area contributed by atoms with Crippen molar-refractivity contribution in [1.82, 2.24) is 10.2 Å². The molecule has 1 rings (SSSR count). The molecular formula is C15H30N2O3. The Balaban J connectivity index is 2.59. The molecule has 5 nitrogen and oxygen atoms in total. The van der Waals surface area contributed by atoms with Crippen LogP contribution in [0.1, 0.15) is 41.0 Å². The zero-order valence-electron chi connectivity index (χ0n) is 13.7. The van der Waals surface area contributed by atoms with Gasteiger partial charge in [0.05, 0.1) is 19.3 Å². The van der Waals surface area contributed by atoms with Crippen LogP contribution in [0.3, 0.4) is 0 Å². The summed E-state index contributed by atoms with van der Waals surface area (Å²) in [4.78, 5) is 14.4. The minimum Gasteiger partial charge on any atom is -0.468 e. The molecule has 1 unspecified atom stereocenters. The first-order valence-corrected chi connectivity index (χ1v) is 7.50. The van der Waals surface area contributed by atoms with Gasteiger partial charge in [0.15, 0.2) is 0 Å². The van der Waals surface area contributed by atoms with Crippen molar-refractivity contribution in [3.05, 3.63) is 0 Å². The third-order valence-electron chi connectivity index (χ3n) is 3.67. The summed E-state index contributed by atoms with van der Waals surface area (Å²) < 4.78 is 10.7. The van der Waals surface area contributed by atoms with Gasteiger partial charge in [-0.1, -0.05) is 0 Å². The predicted octanol–water partition coefficient (Wildman–Crippen LogP) is 1.42. The maximum absolute atomic E-state index is 12.0. The molecule has 0 saturated carbocycles. The normalized spacial score (nSPS) is 27.4. The molecule has 0 radical (unpaired) electrons. The zero-order valence-corrected chi connectivity index (χ0v) is 13.7. The number of morpholine rings is 1. The fourth-order valence-electron chi connectivity index (χ4n) is 2.94. The highest BCUT2D eigenvalue weighted by atomic mass is 16.5. The molecule has 0 bridgehead atoms. The van der Waals surface area contributed by atoms with Crippen molar-refractivity contribution in [2.45, 2.75) is 64.8 Å². The smallest absolute Gasteiger partial charge is 0.325 e. The van der Waals surface area contributed by atoms with Crippen molar-refractivity contribution in [3.63, 3.8) is 0 Å². The number of ether oxygens (including phenoxy) is 2. The highest BCUT2D eigenvalue weighted by Crippen LogP contribution is 2.17. The molecule has 1 heterocycles. The summed E-state index contributed by atoms with van der Waals surface area (Å²) in [5.41, 5.74) is -0.631. The largest absolute Gasteiger partial charge is 0.468 e. The number of carbonyl (C=O) groups is 1. The number of nitrogens with zero attached hydrogens (tertiary/aromatic N) is 1. The SMILES string of the molecule is COC(=O)C(C)(CCN1C[C@@H](C)O[C@@H](C)C1)NC(C)C. The highest BCUT2D eigenvalue weighted by Gasteiger charge is 2.35. The molecular weight excluding hydrogens is 256 g/mol. The molecule has 1 fully saturated rings. The van der Waals surface area contributed by atoms with Gasteiger partial charge in [-0.2, -0.15) is 0 Å². The van der Waals surface area contributed by atoms with E-state index in [2.05, 4.69) is 24.1 Å². The molecule has 1 aliphatic heterocycles. The van der Waals surface area contributed by atoms with Crippen molar-refractivity contribution < 1.29 is 14.3 Å². The molecule has 3 atom stereocenters. The molecule has 1 aliphatic rings. The summed E-state index contributed by atoms with van der Waals surface area (Å²) in [6.45, 7) is 12.9. The van der Waals surface area contributed by atoms with Crippen LogP contribution in [0.25, 0.3) is 0 Å². The average Bonchev–Trinajstić information content (AvgIpc) is 2.33. The van der Waals surface area contributed by atoms with Crippen LogP contribution in [0.5, 0.6) is 0 Å². The van der Waals surface area contributed by atoms with Crippen molar-refractivity contribution in [2.75, 3.05) is 26.7 Å². The third-order valence-corrected chi connectivity index (χ3v) is 3.67. The van der Waals surface area contributed by atoms with Gasteiger partial charge in [0.1, 0.15) is 5.54 Å². The van der Waals surface area contributed by atoms with E-state index in [0.29, 0.717) is 0 Å². The Morgan fingerprint density at radius 2 is 1.95 bits per heavy atom. The monoisotopic (exact) mass is 286 g/mol. The number of esters is 1. The minimum atomic E-state index is -0.631. The lowest BCUT2D eigenvalue weighted by molar-refractivity contribution is -0.149. The Bertz CT molecular complexity index is 312. The van der Waals surface area contributed by atoms with Gasteiger partial charge in [0, 0.05) is 25.7 Å². The molecule has 0 amide bonds. The number of hydrogen-bond acceptors (Lipinski definition) is 5. The number of rotatable bonds is 6. The van der Waals surface area contributed by atoms with Gasteiger partial charge in [-0.25, -0.2) is 0 Å². The number of hydrogen-bond donors (Lipinski definition) is 1. The fraction of sp³-hybridized carbons (Fsp3) is 0.933. The average molecular weight is 286 g/mol. The van der Waals surface area contributed by atoms with E-state index in [-0.39, 0.29) is 24.2 Å². The second-order valence-corrected chi connectivity index (χ2v) is 6.39. The molecule has 0 spiro atoms. The quantitative estimate of drug-likeness (QED) is 0.748. The zero-order chi connectivity index (χ0) is 15.3. The van der Waals surface area contributed by atoms with Crippen LogP contribution >= 0.6 is 0 Å². The van der Waals surface area contributed by atoms with Crippen molar-refractivity contribution in [1.29, 1.82) is 0 Å². The van der Waals surface area contributed by atoms with Crippen LogP contribution in [0, 0.1) is 0 Å². The van der Waals surface area contributed by atoms with Gasteiger partial charge in [0.2, 0.25) is 0 Å². The van der Waals surface area contributed by atoms with Gasteiger partial charge in [-0.3, -0.25) is 15.0 Å². The first kappa shape index (κ1) is 17.4. The van der Waals surface area contributed by atoms with Crippen LogP contribution in [-0.2, 0) is 14.3 Å². The topological polar surface area (TPSA) is 50.8 Å². The van der Waals surface area contributed by atoms with Crippen LogP contribution in [0.15, 0.2) is 0 Å². The van der Waals surface area contributed by atoms with E-state index in [1.54, 1.807) is 0 Å². The summed E-state index contributed by atoms with van der Waals surface area (Å²) in [7, 11) is 1.45. The van der Waals surface area contributed by atoms with E-state index in [9.17, 15) is 4.79 Å². The second-order valence-electron chi connectivity index (χ2n) is 6.39. The maximum atomic E-state index is 12.0. The molecule has 1 saturated heterocycles. The Labute approximate surface area is 123 Å². The van der Waals surface area contributed by atoms with Crippen molar-refractivity contribution in [3.8, 4) is 0 Å². The molecule has 5 heteroatoms. The van der Waals surface area contributed by atoms with Gasteiger partial charge in [0.25, 0.3) is 0 Å². The van der Waals surface area contributed by atoms with Gasteiger partial charge < -0.3 is 9.47 Å². The molecule has 0 aromatic rings. The Morgan fingerprint density at radius 1 is 1.40 bits per heavy atom. The summed E-state index contributed by atoms with van der Waals surface area (Å²) in [5.74, 6) is -0.194. The molecule has 0 aromatic carbocycles. The summed E-state index contributed by atoms with van der Waals surface area (Å²) in [6.07, 6.45) is 1.24. The maximum Gasteiger partial charge on any atom is 0.325 e. The summed E-state index contributed by atoms with van der Waals surface area (Å²) in [6, 6.07) is 0.238. The molecule has 118 valence electrons. The minimum absolute atomic E-state index is 0.194. The lowest BCUT2D eigenvalue weighted by Crippen LogP contribution is -2.55. The van der Waals surface area contributed by atoms with E-state index < -0.39 is 5.54 Å². The molecule has 0 aromatic heterocycles. The fourth-order valence-corrected chi connectivity index (χ4v) is 2.94. The van der Waals surface area contributed by atoms with E-state index in [1.165, 1.54) is 7.11 Å². The number of methoxy groups -OCH3 is 1. The predicted molar refractivity (Wildman–Crippen MR) is 79.8 cm³/mol. The van der Waals surface area contributed by atoms with E-state index >= 15 is 0 Å². The molecule has 0 aliphatic carbocycles. The summed E-state index contributed by atoms with van der Waals surface area (Å²) >= 11 is 0. The van der Waals surface area contributed by atoms with Crippen molar-refractivity contribution in [2.24, 2.45) is 0 Å². The van der Waals surface area contributed by atoms with Crippen molar-refractivity contribution >= 4 is 5.97 Å². The van der Waals surface area contributed by atoms with Crippen LogP contribution in [0.2, 0.25) is 0 Å². The van der Waals surface area contributed by atoms with Crippen LogP contribution in [-0.4, -0.2) is 61.4 Å². The number of carbonyl (C=O) groups excluding carboxylic acids is 1. The molecule has 20 heavy (non-hydrogen) atoms. The summed E-state index contributed by atoms with van der Waals surface area (Å²) in [5, 5.41) is 3.34. The number of nitrogens with one attached hydrogen (secondary N) is 1. The van der Waals surface area contributed by atoms with E-state index in [4.69, 9.17) is 9.47 Å². The van der Waals surface area contributed by atoms with Gasteiger partial charge in [-0.15, -0.1) is 0 Å². The Morgan fingerprint density at radius 3 is 2.40 bits per heavy atom. The van der Waals surface area contributed by atoms with E-state index in [1.807, 2.05) is 20.8 Å². The Kier molecular flexibility index (Phi) is 6.43. The first-order valence-electron chi connectivity index (χ1n) is 7.50. The van der Waals surface area contributed by atoms with Gasteiger partial charge >= 0.3 is 5.97 Å². The second kappa shape index (κ2) is 7.38. The standard InChI is InChI=1S/C15H30N2O3/c1-11(2)16-15(5,14(18)19-6)7-8-17-9-12(3)20-13(4)10-17/h11-13,16H,7-10H2,1-6H3/t12-,13+,15?. The Hall–Kier alpha value is -0.650. The lowest BCUT2D eigenvalue weighted by atomic mass is 9.96. The van der Waals surface area contributed by atoms with Gasteiger partial charge in [-0.05, 0) is 41.0 Å². The highest BCUT2D eigenvalue weighted by molar-refractivity contribution is 5.80. The molecule has 1 N–H and O–H groups in total. The first-order chi connectivity index (χ1) is 9.26. The lowest BCUT2D eigenvalue weighted by Gasteiger charge is -2.38.